The van der Waals surface area contributed by atoms with Crippen molar-refractivity contribution < 1.29 is 19.5 Å². The van der Waals surface area contributed by atoms with Crippen molar-refractivity contribution in [3.63, 3.8) is 0 Å². The van der Waals surface area contributed by atoms with Crippen LogP contribution in [0.15, 0.2) is 24.3 Å². The normalized spacial score (nSPS) is 13.1. The Morgan fingerprint density at radius 1 is 1.07 bits per heavy atom. The molecule has 0 bridgehead atoms. The number of aromatic hydroxyl groups is 1. The first kappa shape index (κ1) is 22.6. The van der Waals surface area contributed by atoms with Gasteiger partial charge >= 0.3 is 0 Å². The quantitative estimate of drug-likeness (QED) is 0.365. The summed E-state index contributed by atoms with van der Waals surface area (Å²) in [5.41, 5.74) is 6.65. The van der Waals surface area contributed by atoms with Gasteiger partial charge in [-0.25, -0.2) is 0 Å². The molecule has 0 aliphatic carbocycles. The fraction of sp³-hybridized carbons (Fsp3) is 0.526. The molecule has 1 aromatic rings. The lowest BCUT2D eigenvalue weighted by molar-refractivity contribution is -0.133. The zero-order valence-corrected chi connectivity index (χ0v) is 16.1. The van der Waals surface area contributed by atoms with E-state index in [1.54, 1.807) is 12.1 Å². The van der Waals surface area contributed by atoms with Gasteiger partial charge in [0.1, 0.15) is 11.8 Å². The number of carbonyl (C=O) groups excluding carboxylic acids is 3. The molecule has 0 radical (unpaired) electrons. The summed E-state index contributed by atoms with van der Waals surface area (Å²) in [6.45, 7) is 6.39. The molecule has 0 aliphatic heterocycles. The molecule has 8 nitrogen and oxygen atoms in total. The third-order valence-corrected chi connectivity index (χ3v) is 3.93. The summed E-state index contributed by atoms with van der Waals surface area (Å²) < 4.78 is 0. The highest BCUT2D eigenvalue weighted by Crippen LogP contribution is 2.10. The van der Waals surface area contributed by atoms with E-state index in [4.69, 9.17) is 5.73 Å². The monoisotopic (exact) mass is 378 g/mol. The van der Waals surface area contributed by atoms with E-state index in [2.05, 4.69) is 29.8 Å². The van der Waals surface area contributed by atoms with Crippen LogP contribution in [0.3, 0.4) is 0 Å². The molecule has 0 aliphatic rings. The van der Waals surface area contributed by atoms with Crippen molar-refractivity contribution in [2.45, 2.75) is 45.7 Å². The second kappa shape index (κ2) is 11.3. The Labute approximate surface area is 159 Å². The van der Waals surface area contributed by atoms with Crippen molar-refractivity contribution in [2.24, 2.45) is 11.7 Å². The summed E-state index contributed by atoms with van der Waals surface area (Å²) in [7, 11) is 0. The zero-order chi connectivity index (χ0) is 20.4. The maximum Gasteiger partial charge on any atom is 0.248 e. The number of amides is 3. The van der Waals surface area contributed by atoms with Gasteiger partial charge < -0.3 is 21.5 Å². The van der Waals surface area contributed by atoms with Crippen LogP contribution in [0.5, 0.6) is 5.75 Å². The van der Waals surface area contributed by atoms with Crippen LogP contribution in [0.2, 0.25) is 0 Å². The second-order valence-electron chi connectivity index (χ2n) is 6.98. The number of nitrogens with one attached hydrogen (secondary N) is 3. The van der Waals surface area contributed by atoms with Crippen LogP contribution in [0.25, 0.3) is 0 Å². The highest BCUT2D eigenvalue weighted by molar-refractivity contribution is 6.00. The number of nitrogens with two attached hydrogens (primary N) is 1. The van der Waals surface area contributed by atoms with Crippen molar-refractivity contribution >= 4 is 17.7 Å². The van der Waals surface area contributed by atoms with Crippen molar-refractivity contribution in [2.75, 3.05) is 13.1 Å². The van der Waals surface area contributed by atoms with Gasteiger partial charge in [0, 0.05) is 0 Å². The summed E-state index contributed by atoms with van der Waals surface area (Å²) >= 11 is 0. The van der Waals surface area contributed by atoms with Crippen LogP contribution in [-0.4, -0.2) is 48.0 Å². The first-order chi connectivity index (χ1) is 12.7. The highest BCUT2D eigenvalue weighted by Gasteiger charge is 2.21. The molecule has 0 heterocycles. The van der Waals surface area contributed by atoms with Crippen LogP contribution in [0.4, 0.5) is 0 Å². The smallest absolute Gasteiger partial charge is 0.248 e. The molecule has 2 atom stereocenters. The van der Waals surface area contributed by atoms with Crippen LogP contribution >= 0.6 is 0 Å². The van der Waals surface area contributed by atoms with Gasteiger partial charge in [-0.05, 0) is 49.9 Å². The van der Waals surface area contributed by atoms with E-state index < -0.39 is 29.8 Å². The molecule has 0 spiro atoms. The number of phenolic OH excluding ortho intramolecular Hbond substituents is 1. The summed E-state index contributed by atoms with van der Waals surface area (Å²) in [5.74, 6) is -0.865. The van der Waals surface area contributed by atoms with Crippen molar-refractivity contribution in [3.05, 3.63) is 29.8 Å². The molecule has 3 amide bonds. The molecular formula is C19H30N4O4. The fourth-order valence-electron chi connectivity index (χ4n) is 2.25. The van der Waals surface area contributed by atoms with Crippen LogP contribution in [-0.2, 0) is 20.8 Å². The Morgan fingerprint density at radius 3 is 2.30 bits per heavy atom. The maximum atomic E-state index is 12.1. The molecule has 2 unspecified atom stereocenters. The van der Waals surface area contributed by atoms with E-state index in [9.17, 15) is 19.5 Å². The summed E-state index contributed by atoms with van der Waals surface area (Å²) in [6, 6.07) is 4.63. The Kier molecular flexibility index (Phi) is 9.46. The summed E-state index contributed by atoms with van der Waals surface area (Å²) in [6.07, 6.45) is 1.20. The van der Waals surface area contributed by atoms with Crippen molar-refractivity contribution in [3.8, 4) is 5.75 Å². The molecule has 0 fully saturated rings. The number of rotatable bonds is 10. The Morgan fingerprint density at radius 2 is 1.70 bits per heavy atom. The van der Waals surface area contributed by atoms with Gasteiger partial charge in [-0.1, -0.05) is 26.0 Å². The minimum atomic E-state index is -0.886. The SMILES string of the molecule is CC(C)CCNCC(=O)NC(=O)C(C)NC(=O)C(N)Cc1ccc(O)cc1. The van der Waals surface area contributed by atoms with E-state index in [0.29, 0.717) is 12.5 Å². The first-order valence-electron chi connectivity index (χ1n) is 9.07. The molecule has 150 valence electrons. The molecule has 0 saturated carbocycles. The van der Waals surface area contributed by atoms with Crippen molar-refractivity contribution in [1.29, 1.82) is 0 Å². The van der Waals surface area contributed by atoms with Gasteiger partial charge in [0.2, 0.25) is 17.7 Å². The van der Waals surface area contributed by atoms with Gasteiger partial charge in [0.05, 0.1) is 12.6 Å². The second-order valence-corrected chi connectivity index (χ2v) is 6.98. The Balaban J connectivity index is 2.36. The largest absolute Gasteiger partial charge is 0.508 e. The molecule has 27 heavy (non-hydrogen) atoms. The maximum absolute atomic E-state index is 12.1. The predicted octanol–water partition coefficient (Wildman–Crippen LogP) is 0.0452. The number of imide groups is 1. The van der Waals surface area contributed by atoms with Gasteiger partial charge in [0.15, 0.2) is 0 Å². The molecular weight excluding hydrogens is 348 g/mol. The minimum absolute atomic E-state index is 0.0412. The van der Waals surface area contributed by atoms with Crippen LogP contribution < -0.4 is 21.7 Å². The lowest BCUT2D eigenvalue weighted by Gasteiger charge is -2.17. The van der Waals surface area contributed by atoms with Gasteiger partial charge in [-0.2, -0.15) is 0 Å². The average molecular weight is 378 g/mol. The fourth-order valence-corrected chi connectivity index (χ4v) is 2.25. The third kappa shape index (κ3) is 9.16. The number of hydrogen-bond acceptors (Lipinski definition) is 6. The van der Waals surface area contributed by atoms with Gasteiger partial charge in [-0.15, -0.1) is 0 Å². The standard InChI is InChI=1S/C19H30N4O4/c1-12(2)8-9-21-11-17(25)23-18(26)13(3)22-19(27)16(20)10-14-4-6-15(24)7-5-14/h4-7,12-13,16,21,24H,8-11,20H2,1-3H3,(H,22,27)(H,23,25,26). The number of hydrogen-bond donors (Lipinski definition) is 5. The van der Waals surface area contributed by atoms with Crippen molar-refractivity contribution in [1.82, 2.24) is 16.0 Å². The van der Waals surface area contributed by atoms with Gasteiger partial charge in [0.25, 0.3) is 0 Å². The first-order valence-corrected chi connectivity index (χ1v) is 9.07. The highest BCUT2D eigenvalue weighted by atomic mass is 16.3. The van der Waals surface area contributed by atoms with Gasteiger partial charge in [-0.3, -0.25) is 19.7 Å². The summed E-state index contributed by atoms with van der Waals surface area (Å²) in [4.78, 5) is 35.9. The lowest BCUT2D eigenvalue weighted by atomic mass is 10.1. The summed E-state index contributed by atoms with van der Waals surface area (Å²) in [5, 5.41) is 17.0. The number of phenols is 1. The molecule has 1 aromatic carbocycles. The molecule has 0 saturated heterocycles. The van der Waals surface area contributed by atoms with E-state index in [1.807, 2.05) is 0 Å². The molecule has 6 N–H and O–H groups in total. The Bertz CT molecular complexity index is 631. The number of carbonyl (C=O) groups is 3. The Hall–Kier alpha value is -2.45. The third-order valence-electron chi connectivity index (χ3n) is 3.93. The van der Waals surface area contributed by atoms with E-state index in [-0.39, 0.29) is 18.7 Å². The van der Waals surface area contributed by atoms with Crippen LogP contribution in [0, 0.1) is 5.92 Å². The lowest BCUT2D eigenvalue weighted by Crippen LogP contribution is -2.52. The van der Waals surface area contributed by atoms with E-state index >= 15 is 0 Å². The zero-order valence-electron chi connectivity index (χ0n) is 16.1. The average Bonchev–Trinajstić information content (AvgIpc) is 2.60. The molecule has 1 rings (SSSR count). The van der Waals surface area contributed by atoms with E-state index in [0.717, 1.165) is 12.0 Å². The molecule has 8 heteroatoms. The minimum Gasteiger partial charge on any atom is -0.508 e. The van der Waals surface area contributed by atoms with E-state index in [1.165, 1.54) is 19.1 Å². The van der Waals surface area contributed by atoms with Crippen LogP contribution in [0.1, 0.15) is 32.8 Å². The predicted molar refractivity (Wildman–Crippen MR) is 103 cm³/mol. The molecule has 0 aromatic heterocycles. The number of benzene rings is 1. The topological polar surface area (TPSA) is 134 Å².